The Balaban J connectivity index is 0.00000180. The van der Waals surface area contributed by atoms with E-state index < -0.39 is 0 Å². The minimum atomic E-state index is -0.308. The van der Waals surface area contributed by atoms with Crippen LogP contribution < -0.4 is 5.32 Å². The van der Waals surface area contributed by atoms with Gasteiger partial charge < -0.3 is 5.32 Å². The second kappa shape index (κ2) is 9.34. The summed E-state index contributed by atoms with van der Waals surface area (Å²) in [6.07, 6.45) is 1.12. The quantitative estimate of drug-likeness (QED) is 0.898. The van der Waals surface area contributed by atoms with Crippen molar-refractivity contribution in [2.24, 2.45) is 0 Å². The number of rotatable bonds is 4. The average molecular weight is 316 g/mol. The second-order valence-electron chi connectivity index (χ2n) is 4.04. The number of halogens is 3. The largest absolute Gasteiger partial charge is 0.326 e. The summed E-state index contributed by atoms with van der Waals surface area (Å²) in [6, 6.07) is 15.6. The first-order chi connectivity index (χ1) is 8.74. The number of aryl methyl sites for hydroxylation is 1. The Morgan fingerprint density at radius 2 is 1.55 bits per heavy atom. The Hall–Kier alpha value is -1.58. The number of carbonyl (C=O) groups excluding carboxylic acids is 1. The van der Waals surface area contributed by atoms with Crippen molar-refractivity contribution in [2.45, 2.75) is 12.8 Å². The van der Waals surface area contributed by atoms with E-state index in [1.54, 1.807) is 12.1 Å². The summed E-state index contributed by atoms with van der Waals surface area (Å²) in [6.45, 7) is 0. The van der Waals surface area contributed by atoms with Gasteiger partial charge in [-0.2, -0.15) is 0 Å². The molecule has 0 atom stereocenters. The molecule has 0 saturated carbocycles. The lowest BCUT2D eigenvalue weighted by Crippen LogP contribution is -2.12. The zero-order chi connectivity index (χ0) is 12.8. The molecular formula is C15H16Cl2FNO. The van der Waals surface area contributed by atoms with Gasteiger partial charge in [0.05, 0.1) is 0 Å². The van der Waals surface area contributed by atoms with Crippen LogP contribution in [-0.4, -0.2) is 5.91 Å². The SMILES string of the molecule is Cl.Cl.O=C(CCc1ccccc1)Nc1ccc(F)cc1. The maximum Gasteiger partial charge on any atom is 0.224 e. The van der Waals surface area contributed by atoms with Gasteiger partial charge in [-0.05, 0) is 36.2 Å². The standard InChI is InChI=1S/C15H14FNO.2ClH/c16-13-7-9-14(10-8-13)17-15(18)11-6-12-4-2-1-3-5-12;;/h1-5,7-10H,6,11H2,(H,17,18);2*1H. The summed E-state index contributed by atoms with van der Waals surface area (Å²) in [5, 5.41) is 2.73. The lowest BCUT2D eigenvalue weighted by molar-refractivity contribution is -0.116. The van der Waals surface area contributed by atoms with E-state index in [4.69, 9.17) is 0 Å². The Morgan fingerprint density at radius 3 is 2.15 bits per heavy atom. The molecule has 1 amide bonds. The van der Waals surface area contributed by atoms with Crippen molar-refractivity contribution in [3.8, 4) is 0 Å². The van der Waals surface area contributed by atoms with Crippen LogP contribution in [0, 0.1) is 5.82 Å². The normalized spacial score (nSPS) is 9.05. The predicted octanol–water partition coefficient (Wildman–Crippen LogP) is 4.24. The molecule has 0 heterocycles. The molecule has 1 N–H and O–H groups in total. The Bertz CT molecular complexity index is 517. The van der Waals surface area contributed by atoms with Crippen molar-refractivity contribution in [1.29, 1.82) is 0 Å². The van der Waals surface area contributed by atoms with Gasteiger partial charge >= 0.3 is 0 Å². The summed E-state index contributed by atoms with van der Waals surface area (Å²) in [4.78, 5) is 11.7. The van der Waals surface area contributed by atoms with Crippen LogP contribution in [-0.2, 0) is 11.2 Å². The fraction of sp³-hybridized carbons (Fsp3) is 0.133. The van der Waals surface area contributed by atoms with Gasteiger partial charge in [0.1, 0.15) is 5.82 Å². The highest BCUT2D eigenvalue weighted by Crippen LogP contribution is 2.09. The van der Waals surface area contributed by atoms with Gasteiger partial charge in [0, 0.05) is 12.1 Å². The van der Waals surface area contributed by atoms with Gasteiger partial charge in [-0.1, -0.05) is 30.3 Å². The number of amides is 1. The summed E-state index contributed by atoms with van der Waals surface area (Å²) in [5.74, 6) is -0.372. The van der Waals surface area contributed by atoms with E-state index in [1.165, 1.54) is 12.1 Å². The molecule has 0 unspecified atom stereocenters. The highest BCUT2D eigenvalue weighted by molar-refractivity contribution is 5.90. The van der Waals surface area contributed by atoms with Crippen molar-refractivity contribution in [1.82, 2.24) is 0 Å². The van der Waals surface area contributed by atoms with Crippen LogP contribution >= 0.6 is 24.8 Å². The number of anilines is 1. The predicted molar refractivity (Wildman–Crippen MR) is 84.3 cm³/mol. The molecule has 0 aromatic heterocycles. The second-order valence-corrected chi connectivity index (χ2v) is 4.04. The molecule has 0 spiro atoms. The molecule has 2 nitrogen and oxygen atoms in total. The number of benzene rings is 2. The fourth-order valence-electron chi connectivity index (χ4n) is 1.66. The maximum absolute atomic E-state index is 12.7. The van der Waals surface area contributed by atoms with Gasteiger partial charge in [0.25, 0.3) is 0 Å². The van der Waals surface area contributed by atoms with Crippen LogP contribution in [0.25, 0.3) is 0 Å². The molecule has 0 bridgehead atoms. The molecule has 108 valence electrons. The summed E-state index contributed by atoms with van der Waals surface area (Å²) in [5.41, 5.74) is 1.75. The molecule has 0 fully saturated rings. The van der Waals surface area contributed by atoms with Crippen LogP contribution in [0.15, 0.2) is 54.6 Å². The Kier molecular flexibility index (Phi) is 8.61. The molecular weight excluding hydrogens is 300 g/mol. The van der Waals surface area contributed by atoms with Crippen molar-refractivity contribution >= 4 is 36.4 Å². The van der Waals surface area contributed by atoms with Crippen LogP contribution in [0.3, 0.4) is 0 Å². The molecule has 0 aliphatic carbocycles. The third-order valence-electron chi connectivity index (χ3n) is 2.61. The van der Waals surface area contributed by atoms with Crippen LogP contribution in [0.1, 0.15) is 12.0 Å². The number of carbonyl (C=O) groups is 1. The van der Waals surface area contributed by atoms with Crippen LogP contribution in [0.4, 0.5) is 10.1 Å². The van der Waals surface area contributed by atoms with E-state index in [0.29, 0.717) is 18.5 Å². The van der Waals surface area contributed by atoms with Crippen molar-refractivity contribution in [3.05, 3.63) is 66.0 Å². The third-order valence-corrected chi connectivity index (χ3v) is 2.61. The minimum absolute atomic E-state index is 0. The fourth-order valence-corrected chi connectivity index (χ4v) is 1.66. The van der Waals surface area contributed by atoms with E-state index in [-0.39, 0.29) is 36.5 Å². The molecule has 20 heavy (non-hydrogen) atoms. The zero-order valence-electron chi connectivity index (χ0n) is 10.7. The van der Waals surface area contributed by atoms with E-state index in [1.807, 2.05) is 30.3 Å². The summed E-state index contributed by atoms with van der Waals surface area (Å²) in [7, 11) is 0. The Morgan fingerprint density at radius 1 is 0.950 bits per heavy atom. The van der Waals surface area contributed by atoms with Crippen molar-refractivity contribution in [3.63, 3.8) is 0 Å². The van der Waals surface area contributed by atoms with Gasteiger partial charge in [0.15, 0.2) is 0 Å². The number of hydrogen-bond donors (Lipinski definition) is 1. The van der Waals surface area contributed by atoms with Gasteiger partial charge in [0.2, 0.25) is 5.91 Å². The summed E-state index contributed by atoms with van der Waals surface area (Å²) >= 11 is 0. The van der Waals surface area contributed by atoms with Gasteiger partial charge in [-0.15, -0.1) is 24.8 Å². The number of hydrogen-bond acceptors (Lipinski definition) is 1. The highest BCUT2D eigenvalue weighted by atomic mass is 35.5. The summed E-state index contributed by atoms with van der Waals surface area (Å²) < 4.78 is 12.7. The lowest BCUT2D eigenvalue weighted by Gasteiger charge is -2.05. The third kappa shape index (κ3) is 6.04. The molecule has 0 radical (unpaired) electrons. The smallest absolute Gasteiger partial charge is 0.224 e. The minimum Gasteiger partial charge on any atom is -0.326 e. The maximum atomic E-state index is 12.7. The molecule has 5 heteroatoms. The van der Waals surface area contributed by atoms with Crippen LogP contribution in [0.5, 0.6) is 0 Å². The molecule has 2 aromatic carbocycles. The van der Waals surface area contributed by atoms with Gasteiger partial charge in [-0.25, -0.2) is 4.39 Å². The molecule has 2 rings (SSSR count). The molecule has 0 aliphatic rings. The lowest BCUT2D eigenvalue weighted by atomic mass is 10.1. The van der Waals surface area contributed by atoms with Crippen molar-refractivity contribution < 1.29 is 9.18 Å². The monoisotopic (exact) mass is 315 g/mol. The first-order valence-electron chi connectivity index (χ1n) is 5.83. The Labute approximate surface area is 130 Å². The van der Waals surface area contributed by atoms with E-state index in [9.17, 15) is 9.18 Å². The van der Waals surface area contributed by atoms with Crippen molar-refractivity contribution in [2.75, 3.05) is 5.32 Å². The average Bonchev–Trinajstić information content (AvgIpc) is 2.40. The van der Waals surface area contributed by atoms with E-state index in [2.05, 4.69) is 5.32 Å². The first-order valence-corrected chi connectivity index (χ1v) is 5.83. The topological polar surface area (TPSA) is 29.1 Å². The molecule has 0 saturated heterocycles. The number of nitrogens with one attached hydrogen (secondary N) is 1. The van der Waals surface area contributed by atoms with Crippen LogP contribution in [0.2, 0.25) is 0 Å². The highest BCUT2D eigenvalue weighted by Gasteiger charge is 2.03. The van der Waals surface area contributed by atoms with E-state index in [0.717, 1.165) is 5.56 Å². The van der Waals surface area contributed by atoms with E-state index >= 15 is 0 Å². The van der Waals surface area contributed by atoms with Gasteiger partial charge in [-0.3, -0.25) is 4.79 Å². The zero-order valence-corrected chi connectivity index (χ0v) is 12.3. The first kappa shape index (κ1) is 18.4. The molecule has 2 aromatic rings. The molecule has 0 aliphatic heterocycles.